The maximum Gasteiger partial charge on any atom is 0.436 e. The van der Waals surface area contributed by atoms with Crippen molar-refractivity contribution in [3.05, 3.63) is 62.2 Å². The maximum atomic E-state index is 13.8. The number of carbonyl (C=O) groups is 1. The van der Waals surface area contributed by atoms with E-state index in [4.69, 9.17) is 0 Å². The molecule has 2 heterocycles. The molecule has 0 spiro atoms. The van der Waals surface area contributed by atoms with Crippen molar-refractivity contribution in [1.29, 1.82) is 0 Å². The first-order valence-electron chi connectivity index (χ1n) is 9.73. The maximum absolute atomic E-state index is 13.8. The average Bonchev–Trinajstić information content (AvgIpc) is 3.40. The molecule has 1 N–H and O–H groups in total. The molecule has 4 rings (SSSR count). The predicted octanol–water partition coefficient (Wildman–Crippen LogP) is 5.72. The van der Waals surface area contributed by atoms with Gasteiger partial charge in [-0.05, 0) is 50.8 Å². The van der Waals surface area contributed by atoms with E-state index < -0.39 is 17.8 Å². The van der Waals surface area contributed by atoms with E-state index in [1.165, 1.54) is 15.4 Å². The van der Waals surface area contributed by atoms with Gasteiger partial charge in [-0.2, -0.15) is 23.4 Å². The summed E-state index contributed by atoms with van der Waals surface area (Å²) in [5.41, 5.74) is -0.0624. The first-order valence-corrected chi connectivity index (χ1v) is 11.3. The van der Waals surface area contributed by atoms with Gasteiger partial charge in [0.15, 0.2) is 11.5 Å². The molecule has 1 amide bonds. The second kappa shape index (κ2) is 8.97. The van der Waals surface area contributed by atoms with Crippen molar-refractivity contribution in [3.8, 4) is 0 Å². The number of carbonyl (C=O) groups excluding carboxylic acids is 1. The normalized spacial score (nSPS) is 14.1. The van der Waals surface area contributed by atoms with E-state index >= 15 is 0 Å². The lowest BCUT2D eigenvalue weighted by molar-refractivity contribution is -0.142. The minimum atomic E-state index is -4.58. The molecular weight excluding hydrogens is 562 g/mol. The third-order valence-corrected chi connectivity index (χ3v) is 6.34. The van der Waals surface area contributed by atoms with Crippen LogP contribution in [0.1, 0.15) is 42.1 Å². The van der Waals surface area contributed by atoms with E-state index in [-0.39, 0.29) is 41.5 Å². The van der Waals surface area contributed by atoms with Crippen molar-refractivity contribution in [2.75, 3.05) is 5.32 Å². The van der Waals surface area contributed by atoms with Crippen molar-refractivity contribution >= 4 is 43.6 Å². The number of alkyl halides is 3. The van der Waals surface area contributed by atoms with Crippen molar-refractivity contribution in [2.45, 2.75) is 44.4 Å². The molecule has 0 unspecified atom stereocenters. The van der Waals surface area contributed by atoms with Crippen LogP contribution in [0.15, 0.2) is 39.4 Å². The smallest absolute Gasteiger partial charge is 0.308 e. The fourth-order valence-corrected chi connectivity index (χ4v) is 4.56. The largest absolute Gasteiger partial charge is 0.436 e. The van der Waals surface area contributed by atoms with E-state index in [0.717, 1.165) is 12.8 Å². The Morgan fingerprint density at radius 1 is 1.19 bits per heavy atom. The van der Waals surface area contributed by atoms with Crippen LogP contribution in [0.3, 0.4) is 0 Å². The van der Waals surface area contributed by atoms with E-state index in [2.05, 4.69) is 47.4 Å². The molecule has 0 atom stereocenters. The lowest BCUT2D eigenvalue weighted by atomic mass is 10.2. The fraction of sp³-hybridized carbons (Fsp3) is 0.350. The quantitative estimate of drug-likeness (QED) is 0.365. The molecule has 0 saturated heterocycles. The summed E-state index contributed by atoms with van der Waals surface area (Å²) in [5.74, 6) is -0.533. The van der Waals surface area contributed by atoms with Gasteiger partial charge in [0.1, 0.15) is 5.82 Å². The molecule has 12 heteroatoms. The summed E-state index contributed by atoms with van der Waals surface area (Å²) in [6.45, 7) is 0.174. The van der Waals surface area contributed by atoms with Crippen molar-refractivity contribution in [1.82, 2.24) is 19.6 Å². The van der Waals surface area contributed by atoms with Gasteiger partial charge in [0, 0.05) is 24.1 Å². The Labute approximate surface area is 197 Å². The number of amides is 1. The van der Waals surface area contributed by atoms with Gasteiger partial charge in [-0.3, -0.25) is 14.2 Å². The molecular formula is C20H17Br2F4N5O. The summed E-state index contributed by atoms with van der Waals surface area (Å²) in [4.78, 5) is 12.4. The molecule has 0 bridgehead atoms. The number of aromatic nitrogens is 4. The van der Waals surface area contributed by atoms with E-state index in [1.54, 1.807) is 24.4 Å². The molecule has 0 radical (unpaired) electrons. The van der Waals surface area contributed by atoms with Crippen LogP contribution in [0.2, 0.25) is 0 Å². The van der Waals surface area contributed by atoms with Crippen molar-refractivity contribution in [3.63, 3.8) is 0 Å². The first kappa shape index (κ1) is 23.0. The van der Waals surface area contributed by atoms with Crippen LogP contribution < -0.4 is 5.32 Å². The molecule has 2 aromatic heterocycles. The minimum absolute atomic E-state index is 0.0000983. The van der Waals surface area contributed by atoms with Gasteiger partial charge >= 0.3 is 6.18 Å². The van der Waals surface area contributed by atoms with Gasteiger partial charge < -0.3 is 5.32 Å². The fourth-order valence-electron chi connectivity index (χ4n) is 3.32. The van der Waals surface area contributed by atoms with Gasteiger partial charge in [0.25, 0.3) is 0 Å². The van der Waals surface area contributed by atoms with E-state index in [9.17, 15) is 22.4 Å². The second-order valence-corrected chi connectivity index (χ2v) is 9.10. The number of benzene rings is 1. The van der Waals surface area contributed by atoms with Crippen LogP contribution in [0.4, 0.5) is 23.4 Å². The third-order valence-electron chi connectivity index (χ3n) is 4.98. The Hall–Kier alpha value is -2.21. The van der Waals surface area contributed by atoms with Crippen molar-refractivity contribution < 1.29 is 22.4 Å². The molecule has 1 aromatic carbocycles. The Morgan fingerprint density at radius 2 is 1.91 bits per heavy atom. The SMILES string of the molecule is O=C(CCn1nc(C(F)(F)F)c(Br)c1C1CC1)Nc1nn(Cc2ccccc2F)cc1Br. The summed E-state index contributed by atoms with van der Waals surface area (Å²) >= 11 is 6.34. The van der Waals surface area contributed by atoms with Crippen LogP contribution >= 0.6 is 31.9 Å². The predicted molar refractivity (Wildman–Crippen MR) is 116 cm³/mol. The average molecular weight is 579 g/mol. The highest BCUT2D eigenvalue weighted by molar-refractivity contribution is 9.11. The number of halogens is 6. The first-order chi connectivity index (χ1) is 15.1. The van der Waals surface area contributed by atoms with E-state index in [1.807, 2.05) is 0 Å². The van der Waals surface area contributed by atoms with Gasteiger partial charge in [0.05, 0.1) is 27.7 Å². The zero-order chi connectivity index (χ0) is 23.0. The van der Waals surface area contributed by atoms with Crippen LogP contribution in [-0.4, -0.2) is 25.5 Å². The topological polar surface area (TPSA) is 64.7 Å². The Kier molecular flexibility index (Phi) is 6.44. The highest BCUT2D eigenvalue weighted by Crippen LogP contribution is 2.47. The van der Waals surface area contributed by atoms with Gasteiger partial charge in [-0.1, -0.05) is 18.2 Å². The monoisotopic (exact) mass is 577 g/mol. The van der Waals surface area contributed by atoms with Gasteiger partial charge in [-0.25, -0.2) is 4.39 Å². The molecule has 32 heavy (non-hydrogen) atoms. The highest BCUT2D eigenvalue weighted by Gasteiger charge is 2.41. The molecule has 3 aromatic rings. The number of hydrogen-bond acceptors (Lipinski definition) is 3. The molecule has 170 valence electrons. The molecule has 0 aliphatic heterocycles. The zero-order valence-electron chi connectivity index (χ0n) is 16.5. The Morgan fingerprint density at radius 3 is 2.56 bits per heavy atom. The lowest BCUT2D eigenvalue weighted by Crippen LogP contribution is -2.17. The van der Waals surface area contributed by atoms with Crippen LogP contribution in [0.5, 0.6) is 0 Å². The van der Waals surface area contributed by atoms with Gasteiger partial charge in [-0.15, -0.1) is 0 Å². The number of nitrogens with one attached hydrogen (secondary N) is 1. The minimum Gasteiger partial charge on any atom is -0.308 e. The number of aryl methyl sites for hydroxylation is 1. The number of anilines is 1. The van der Waals surface area contributed by atoms with Crippen LogP contribution in [-0.2, 0) is 24.1 Å². The van der Waals surface area contributed by atoms with E-state index in [0.29, 0.717) is 15.7 Å². The summed E-state index contributed by atoms with van der Waals surface area (Å²) in [7, 11) is 0. The molecule has 6 nitrogen and oxygen atoms in total. The van der Waals surface area contributed by atoms with Crippen LogP contribution in [0, 0.1) is 5.82 Å². The Balaban J connectivity index is 1.42. The summed E-state index contributed by atoms with van der Waals surface area (Å²) < 4.78 is 56.7. The number of nitrogens with zero attached hydrogens (tertiary/aromatic N) is 4. The second-order valence-electron chi connectivity index (χ2n) is 7.46. The molecule has 1 aliphatic rings. The Bertz CT molecular complexity index is 1150. The highest BCUT2D eigenvalue weighted by atomic mass is 79.9. The number of hydrogen-bond donors (Lipinski definition) is 1. The molecule has 1 fully saturated rings. The summed E-state index contributed by atoms with van der Waals surface area (Å²) in [6.07, 6.45) is -1.47. The van der Waals surface area contributed by atoms with Crippen LogP contribution in [0.25, 0.3) is 0 Å². The third kappa shape index (κ3) is 5.06. The van der Waals surface area contributed by atoms with Gasteiger partial charge in [0.2, 0.25) is 5.91 Å². The summed E-state index contributed by atoms with van der Waals surface area (Å²) in [6, 6.07) is 6.30. The number of rotatable bonds is 7. The standard InChI is InChI=1S/C20H17Br2F4N5O/c21-13-10-30(9-12-3-1-2-4-14(12)23)29-19(13)27-15(32)7-8-31-17(11-5-6-11)16(22)18(28-31)20(24,25)26/h1-4,10-11H,5-9H2,(H,27,29,32). The molecule has 1 aliphatic carbocycles. The molecule has 1 saturated carbocycles. The zero-order valence-corrected chi connectivity index (χ0v) is 19.6. The van der Waals surface area contributed by atoms with Crippen molar-refractivity contribution in [2.24, 2.45) is 0 Å². The lowest BCUT2D eigenvalue weighted by Gasteiger charge is -2.07. The summed E-state index contributed by atoms with van der Waals surface area (Å²) in [5, 5.41) is 10.6.